The zero-order valence-corrected chi connectivity index (χ0v) is 16.0. The van der Waals surface area contributed by atoms with E-state index in [0.717, 1.165) is 12.8 Å². The number of likely N-dealkylation sites (N-methyl/N-ethyl adjacent to an activating group) is 1. The number of amides is 3. The van der Waals surface area contributed by atoms with E-state index in [9.17, 15) is 14.4 Å². The zero-order chi connectivity index (χ0) is 19.6. The second-order valence-corrected chi connectivity index (χ2v) is 6.85. The van der Waals surface area contributed by atoms with Gasteiger partial charge in [0.25, 0.3) is 5.91 Å². The monoisotopic (exact) mass is 390 g/mol. The highest BCUT2D eigenvalue weighted by Crippen LogP contribution is 2.30. The van der Waals surface area contributed by atoms with E-state index >= 15 is 0 Å². The minimum absolute atomic E-state index is 0.0349. The average molecular weight is 390 g/mol. The smallest absolute Gasteiger partial charge is 0.254 e. The summed E-state index contributed by atoms with van der Waals surface area (Å²) in [5, 5.41) is 4.33. The first kappa shape index (κ1) is 19.1. The lowest BCUT2D eigenvalue weighted by atomic mass is 10.2. The van der Waals surface area contributed by atoms with Crippen LogP contribution in [0.2, 0.25) is 0 Å². The van der Waals surface area contributed by atoms with Crippen LogP contribution >= 0.6 is 12.2 Å². The molecule has 1 atom stereocenters. The molecule has 3 amide bonds. The number of hydrogen-bond donors (Lipinski definition) is 2. The molecule has 1 aromatic rings. The molecule has 3 rings (SSSR count). The van der Waals surface area contributed by atoms with Crippen LogP contribution in [0.15, 0.2) is 24.3 Å². The predicted molar refractivity (Wildman–Crippen MR) is 103 cm³/mol. The summed E-state index contributed by atoms with van der Waals surface area (Å²) in [5.41, 5.74) is 3.31. The van der Waals surface area contributed by atoms with E-state index in [4.69, 9.17) is 17.0 Å². The lowest BCUT2D eigenvalue weighted by Crippen LogP contribution is -2.50. The topological polar surface area (TPSA) is 91.0 Å². The third kappa shape index (κ3) is 4.19. The van der Waals surface area contributed by atoms with Crippen LogP contribution in [0.4, 0.5) is 5.69 Å². The molecular weight excluding hydrogens is 368 g/mol. The Labute approximate surface area is 162 Å². The molecular formula is C18H22N4O4S. The summed E-state index contributed by atoms with van der Waals surface area (Å²) in [7, 11) is 1.56. The van der Waals surface area contributed by atoms with Crippen molar-refractivity contribution in [3.63, 3.8) is 0 Å². The Morgan fingerprint density at radius 3 is 2.48 bits per heavy atom. The van der Waals surface area contributed by atoms with Gasteiger partial charge >= 0.3 is 0 Å². The lowest BCUT2D eigenvalue weighted by molar-refractivity contribution is -0.133. The minimum atomic E-state index is -0.849. The van der Waals surface area contributed by atoms with Crippen LogP contribution in [0.5, 0.6) is 5.75 Å². The van der Waals surface area contributed by atoms with E-state index in [-0.39, 0.29) is 35.2 Å². The van der Waals surface area contributed by atoms with Gasteiger partial charge in [0, 0.05) is 18.2 Å². The van der Waals surface area contributed by atoms with E-state index in [0.29, 0.717) is 18.0 Å². The molecule has 1 saturated carbocycles. The summed E-state index contributed by atoms with van der Waals surface area (Å²) in [6, 6.07) is 6.03. The average Bonchev–Trinajstić information content (AvgIpc) is 3.47. The van der Waals surface area contributed by atoms with E-state index in [2.05, 4.69) is 10.7 Å². The molecule has 1 aliphatic carbocycles. The van der Waals surface area contributed by atoms with E-state index < -0.39 is 6.04 Å². The maximum Gasteiger partial charge on any atom is 0.254 e. The molecule has 1 unspecified atom stereocenters. The van der Waals surface area contributed by atoms with Crippen molar-refractivity contribution >= 4 is 40.7 Å². The summed E-state index contributed by atoms with van der Waals surface area (Å²) in [6.45, 7) is 2.18. The number of carbonyl (C=O) groups excluding carboxylic acids is 3. The molecule has 2 N–H and O–H groups in total. The summed E-state index contributed by atoms with van der Waals surface area (Å²) < 4.78 is 5.08. The predicted octanol–water partition coefficient (Wildman–Crippen LogP) is 1.28. The third-order valence-electron chi connectivity index (χ3n) is 4.55. The van der Waals surface area contributed by atoms with Gasteiger partial charge in [0.1, 0.15) is 11.8 Å². The third-order valence-corrected chi connectivity index (χ3v) is 4.96. The standard InChI is InChI=1S/C18H22N4O4S/c1-3-21-17(25)14(22(18(21)27)20-16(24)11-4-5-11)10-15(23)19-12-6-8-13(26-2)9-7-12/h6-9,11,14H,3-5,10H2,1-2H3,(H,19,23)(H,20,24). The van der Waals surface area contributed by atoms with Gasteiger partial charge in [-0.15, -0.1) is 0 Å². The number of ether oxygens (including phenoxy) is 1. The van der Waals surface area contributed by atoms with Crippen LogP contribution in [-0.4, -0.2) is 52.4 Å². The summed E-state index contributed by atoms with van der Waals surface area (Å²) in [4.78, 5) is 38.6. The van der Waals surface area contributed by atoms with Crippen molar-refractivity contribution in [2.45, 2.75) is 32.2 Å². The van der Waals surface area contributed by atoms with E-state index in [1.54, 1.807) is 38.3 Å². The van der Waals surface area contributed by atoms with Crippen LogP contribution in [0, 0.1) is 5.92 Å². The Kier molecular flexibility index (Phi) is 5.59. The Bertz CT molecular complexity index is 763. The molecule has 9 heteroatoms. The molecule has 144 valence electrons. The fraction of sp³-hybridized carbons (Fsp3) is 0.444. The minimum Gasteiger partial charge on any atom is -0.497 e. The number of hydrazine groups is 1. The van der Waals surface area contributed by atoms with Crippen molar-refractivity contribution in [2.75, 3.05) is 19.0 Å². The van der Waals surface area contributed by atoms with Crippen LogP contribution in [0.25, 0.3) is 0 Å². The Hall–Kier alpha value is -2.68. The van der Waals surface area contributed by atoms with Crippen LogP contribution in [0.1, 0.15) is 26.2 Å². The molecule has 1 aliphatic heterocycles. The summed E-state index contributed by atoms with van der Waals surface area (Å²) in [6.07, 6.45) is 1.55. The van der Waals surface area contributed by atoms with Gasteiger partial charge in [-0.25, -0.2) is 5.01 Å². The highest BCUT2D eigenvalue weighted by atomic mass is 32.1. The van der Waals surface area contributed by atoms with Crippen molar-refractivity contribution in [3.05, 3.63) is 24.3 Å². The highest BCUT2D eigenvalue weighted by molar-refractivity contribution is 7.80. The van der Waals surface area contributed by atoms with Crippen LogP contribution < -0.4 is 15.5 Å². The number of nitrogens with one attached hydrogen (secondary N) is 2. The molecule has 2 aliphatic rings. The largest absolute Gasteiger partial charge is 0.497 e. The number of thiocarbonyl (C=S) groups is 1. The maximum absolute atomic E-state index is 12.6. The molecule has 0 spiro atoms. The maximum atomic E-state index is 12.6. The van der Waals surface area contributed by atoms with Crippen molar-refractivity contribution in [1.82, 2.24) is 15.3 Å². The summed E-state index contributed by atoms with van der Waals surface area (Å²) in [5.74, 6) is -0.152. The number of carbonyl (C=O) groups is 3. The molecule has 8 nitrogen and oxygen atoms in total. The molecule has 0 aromatic heterocycles. The Morgan fingerprint density at radius 1 is 1.26 bits per heavy atom. The van der Waals surface area contributed by atoms with Crippen molar-refractivity contribution in [2.24, 2.45) is 5.92 Å². The first-order valence-electron chi connectivity index (χ1n) is 8.83. The molecule has 1 aromatic carbocycles. The number of hydrogen-bond acceptors (Lipinski definition) is 5. The molecule has 1 saturated heterocycles. The van der Waals surface area contributed by atoms with Gasteiger partial charge in [-0.1, -0.05) is 0 Å². The Balaban J connectivity index is 1.68. The van der Waals surface area contributed by atoms with Crippen molar-refractivity contribution in [1.29, 1.82) is 0 Å². The first-order valence-corrected chi connectivity index (χ1v) is 9.24. The van der Waals surface area contributed by atoms with Gasteiger partial charge in [0.05, 0.1) is 13.5 Å². The fourth-order valence-corrected chi connectivity index (χ4v) is 3.25. The second-order valence-electron chi connectivity index (χ2n) is 6.48. The van der Waals surface area contributed by atoms with Crippen molar-refractivity contribution < 1.29 is 19.1 Å². The summed E-state index contributed by atoms with van der Waals surface area (Å²) >= 11 is 5.32. The fourth-order valence-electron chi connectivity index (χ4n) is 2.86. The molecule has 0 bridgehead atoms. The van der Waals surface area contributed by atoms with E-state index in [1.165, 1.54) is 9.91 Å². The van der Waals surface area contributed by atoms with Gasteiger partial charge in [-0.05, 0) is 56.2 Å². The molecule has 0 radical (unpaired) electrons. The lowest BCUT2D eigenvalue weighted by Gasteiger charge is -2.24. The van der Waals surface area contributed by atoms with Gasteiger partial charge in [0.15, 0.2) is 5.11 Å². The second kappa shape index (κ2) is 7.91. The number of rotatable bonds is 7. The van der Waals surface area contributed by atoms with E-state index in [1.807, 2.05) is 0 Å². The number of methoxy groups -OCH3 is 1. The van der Waals surface area contributed by atoms with Crippen LogP contribution in [-0.2, 0) is 14.4 Å². The molecule has 1 heterocycles. The molecule has 27 heavy (non-hydrogen) atoms. The normalized spacial score (nSPS) is 19.3. The number of nitrogens with zero attached hydrogens (tertiary/aromatic N) is 2. The number of anilines is 1. The van der Waals surface area contributed by atoms with Crippen LogP contribution in [0.3, 0.4) is 0 Å². The molecule has 2 fully saturated rings. The van der Waals surface area contributed by atoms with Gasteiger partial charge in [-0.2, -0.15) is 0 Å². The first-order chi connectivity index (χ1) is 12.9. The zero-order valence-electron chi connectivity index (χ0n) is 15.2. The van der Waals surface area contributed by atoms with Gasteiger partial charge < -0.3 is 10.1 Å². The van der Waals surface area contributed by atoms with Crippen molar-refractivity contribution in [3.8, 4) is 5.75 Å². The SMILES string of the molecule is CCN1C(=O)C(CC(=O)Nc2ccc(OC)cc2)N(NC(=O)C2CC2)C1=S. The Morgan fingerprint density at radius 2 is 1.93 bits per heavy atom. The quantitative estimate of drug-likeness (QED) is 0.682. The van der Waals surface area contributed by atoms with Gasteiger partial charge in [0.2, 0.25) is 11.8 Å². The van der Waals surface area contributed by atoms with Gasteiger partial charge in [-0.3, -0.25) is 24.7 Å². The highest BCUT2D eigenvalue weighted by Gasteiger charge is 2.45. The number of benzene rings is 1.